The smallest absolute Gasteiger partial charge is 0.307 e. The predicted molar refractivity (Wildman–Crippen MR) is 72.3 cm³/mol. The van der Waals surface area contributed by atoms with Crippen molar-refractivity contribution in [3.63, 3.8) is 0 Å². The molecule has 0 saturated heterocycles. The molecule has 0 aliphatic carbocycles. The van der Waals surface area contributed by atoms with Gasteiger partial charge in [-0.3, -0.25) is 9.59 Å². The molecule has 0 aliphatic rings. The molecule has 0 unspecified atom stereocenters. The topological polar surface area (TPSA) is 55.4 Å². The van der Waals surface area contributed by atoms with Crippen LogP contribution in [0.25, 0.3) is 0 Å². The quantitative estimate of drug-likeness (QED) is 0.844. The van der Waals surface area contributed by atoms with Crippen LogP contribution in [0.1, 0.15) is 30.6 Å². The van der Waals surface area contributed by atoms with Crippen molar-refractivity contribution < 1.29 is 18.7 Å². The van der Waals surface area contributed by atoms with Crippen molar-refractivity contribution in [2.45, 2.75) is 26.4 Å². The number of halogens is 2. The molecule has 19 heavy (non-hydrogen) atoms. The van der Waals surface area contributed by atoms with Gasteiger partial charge in [-0.1, -0.05) is 15.9 Å². The Morgan fingerprint density at radius 3 is 2.74 bits per heavy atom. The molecule has 0 saturated carbocycles. The van der Waals surface area contributed by atoms with Crippen LogP contribution >= 0.6 is 15.9 Å². The lowest BCUT2D eigenvalue weighted by Crippen LogP contribution is -2.27. The first-order valence-corrected chi connectivity index (χ1v) is 6.62. The minimum absolute atomic E-state index is 0.0551. The van der Waals surface area contributed by atoms with Crippen LogP contribution in [0.4, 0.5) is 4.39 Å². The molecule has 0 fully saturated rings. The van der Waals surface area contributed by atoms with E-state index in [1.165, 1.54) is 18.2 Å². The fourth-order valence-electron chi connectivity index (χ4n) is 1.37. The van der Waals surface area contributed by atoms with E-state index in [0.717, 1.165) is 0 Å². The third-order valence-electron chi connectivity index (χ3n) is 2.15. The SMILES string of the molecule is CC(C)OC(=O)CCNC(=O)c1cc(Br)ccc1F. The van der Waals surface area contributed by atoms with Gasteiger partial charge in [0, 0.05) is 11.0 Å². The highest BCUT2D eigenvalue weighted by Gasteiger charge is 2.12. The van der Waals surface area contributed by atoms with Gasteiger partial charge in [-0.2, -0.15) is 0 Å². The number of esters is 1. The zero-order valence-electron chi connectivity index (χ0n) is 10.7. The zero-order valence-corrected chi connectivity index (χ0v) is 12.3. The summed E-state index contributed by atoms with van der Waals surface area (Å²) in [6.45, 7) is 3.59. The first-order valence-electron chi connectivity index (χ1n) is 5.83. The van der Waals surface area contributed by atoms with Crippen LogP contribution in [0.5, 0.6) is 0 Å². The van der Waals surface area contributed by atoms with E-state index in [4.69, 9.17) is 4.74 Å². The molecular formula is C13H15BrFNO3. The summed E-state index contributed by atoms with van der Waals surface area (Å²) in [4.78, 5) is 22.9. The maximum Gasteiger partial charge on any atom is 0.307 e. The molecule has 0 atom stereocenters. The largest absolute Gasteiger partial charge is 0.463 e. The highest BCUT2D eigenvalue weighted by atomic mass is 79.9. The van der Waals surface area contributed by atoms with Crippen molar-refractivity contribution in [3.05, 3.63) is 34.1 Å². The van der Waals surface area contributed by atoms with Gasteiger partial charge in [-0.15, -0.1) is 0 Å². The summed E-state index contributed by atoms with van der Waals surface area (Å²) in [5.41, 5.74) is -0.0633. The fraction of sp³-hybridized carbons (Fsp3) is 0.385. The Morgan fingerprint density at radius 1 is 1.42 bits per heavy atom. The van der Waals surface area contributed by atoms with Crippen molar-refractivity contribution in [2.24, 2.45) is 0 Å². The number of amides is 1. The molecule has 1 aromatic rings. The van der Waals surface area contributed by atoms with Crippen LogP contribution in [-0.2, 0) is 9.53 Å². The van der Waals surface area contributed by atoms with Crippen LogP contribution in [0.15, 0.2) is 22.7 Å². The summed E-state index contributed by atoms with van der Waals surface area (Å²) >= 11 is 3.16. The molecule has 1 N–H and O–H groups in total. The summed E-state index contributed by atoms with van der Waals surface area (Å²) < 4.78 is 18.9. The minimum atomic E-state index is -0.606. The maximum atomic E-state index is 13.4. The Kier molecular flexibility index (Phi) is 5.95. The van der Waals surface area contributed by atoms with Crippen LogP contribution < -0.4 is 5.32 Å². The number of carbonyl (C=O) groups is 2. The Bertz CT molecular complexity index is 477. The minimum Gasteiger partial charge on any atom is -0.463 e. The molecule has 0 aromatic heterocycles. The van der Waals surface area contributed by atoms with Crippen LogP contribution in [0, 0.1) is 5.82 Å². The third-order valence-corrected chi connectivity index (χ3v) is 2.65. The first kappa shape index (κ1) is 15.6. The lowest BCUT2D eigenvalue weighted by molar-refractivity contribution is -0.147. The highest BCUT2D eigenvalue weighted by Crippen LogP contribution is 2.15. The molecule has 0 bridgehead atoms. The number of carbonyl (C=O) groups excluding carboxylic acids is 2. The molecular weight excluding hydrogens is 317 g/mol. The van der Waals surface area contributed by atoms with E-state index in [0.29, 0.717) is 4.47 Å². The van der Waals surface area contributed by atoms with Gasteiger partial charge < -0.3 is 10.1 Å². The fourth-order valence-corrected chi connectivity index (χ4v) is 1.73. The van der Waals surface area contributed by atoms with E-state index >= 15 is 0 Å². The van der Waals surface area contributed by atoms with E-state index in [1.54, 1.807) is 13.8 Å². The van der Waals surface area contributed by atoms with Gasteiger partial charge in [0.2, 0.25) is 0 Å². The molecule has 0 aliphatic heterocycles. The lowest BCUT2D eigenvalue weighted by Gasteiger charge is -2.09. The Hall–Kier alpha value is -1.43. The van der Waals surface area contributed by atoms with Gasteiger partial charge in [0.1, 0.15) is 5.82 Å². The monoisotopic (exact) mass is 331 g/mol. The molecule has 0 heterocycles. The molecule has 1 aromatic carbocycles. The Balaban J connectivity index is 2.48. The highest BCUT2D eigenvalue weighted by molar-refractivity contribution is 9.10. The van der Waals surface area contributed by atoms with E-state index in [9.17, 15) is 14.0 Å². The zero-order chi connectivity index (χ0) is 14.4. The van der Waals surface area contributed by atoms with Gasteiger partial charge in [-0.05, 0) is 32.0 Å². The van der Waals surface area contributed by atoms with Gasteiger partial charge in [0.25, 0.3) is 5.91 Å². The lowest BCUT2D eigenvalue weighted by atomic mass is 10.2. The number of hydrogen-bond acceptors (Lipinski definition) is 3. The Morgan fingerprint density at radius 2 is 2.11 bits per heavy atom. The van der Waals surface area contributed by atoms with E-state index < -0.39 is 17.7 Å². The predicted octanol–water partition coefficient (Wildman–Crippen LogP) is 2.66. The van der Waals surface area contributed by atoms with Crippen molar-refractivity contribution >= 4 is 27.8 Å². The van der Waals surface area contributed by atoms with E-state index in [-0.39, 0.29) is 24.6 Å². The number of benzene rings is 1. The average molecular weight is 332 g/mol. The Labute approximate surface area is 119 Å². The molecule has 0 spiro atoms. The molecule has 6 heteroatoms. The van der Waals surface area contributed by atoms with Crippen molar-refractivity contribution in [2.75, 3.05) is 6.54 Å². The summed E-state index contributed by atoms with van der Waals surface area (Å²) in [6.07, 6.45) is -0.134. The second-order valence-electron chi connectivity index (χ2n) is 4.17. The normalized spacial score (nSPS) is 10.4. The number of nitrogens with one attached hydrogen (secondary N) is 1. The summed E-state index contributed by atoms with van der Waals surface area (Å²) in [5, 5.41) is 2.47. The van der Waals surface area contributed by atoms with Gasteiger partial charge in [0.05, 0.1) is 18.1 Å². The number of ether oxygens (including phenoxy) is 1. The van der Waals surface area contributed by atoms with Crippen molar-refractivity contribution in [1.82, 2.24) is 5.32 Å². The second kappa shape index (κ2) is 7.23. The van der Waals surface area contributed by atoms with Crippen molar-refractivity contribution in [3.8, 4) is 0 Å². The second-order valence-corrected chi connectivity index (χ2v) is 5.08. The summed E-state index contributed by atoms with van der Waals surface area (Å²) in [5.74, 6) is -1.56. The molecule has 104 valence electrons. The van der Waals surface area contributed by atoms with E-state index in [2.05, 4.69) is 21.2 Å². The first-order chi connectivity index (χ1) is 8.90. The third kappa shape index (κ3) is 5.38. The van der Waals surface area contributed by atoms with Gasteiger partial charge in [-0.25, -0.2) is 4.39 Å². The maximum absolute atomic E-state index is 13.4. The van der Waals surface area contributed by atoms with Crippen LogP contribution in [0.2, 0.25) is 0 Å². The standard InChI is InChI=1S/C13H15BrFNO3/c1-8(2)19-12(17)5-6-16-13(18)10-7-9(14)3-4-11(10)15/h3-4,7-8H,5-6H2,1-2H3,(H,16,18). The number of hydrogen-bond donors (Lipinski definition) is 1. The van der Waals surface area contributed by atoms with Gasteiger partial charge >= 0.3 is 5.97 Å². The van der Waals surface area contributed by atoms with Gasteiger partial charge in [0.15, 0.2) is 0 Å². The molecule has 1 rings (SSSR count). The van der Waals surface area contributed by atoms with E-state index in [1.807, 2.05) is 0 Å². The van der Waals surface area contributed by atoms with Crippen molar-refractivity contribution in [1.29, 1.82) is 0 Å². The molecule has 1 amide bonds. The summed E-state index contributed by atoms with van der Waals surface area (Å²) in [7, 11) is 0. The van der Waals surface area contributed by atoms with Crippen LogP contribution in [-0.4, -0.2) is 24.5 Å². The average Bonchev–Trinajstić information content (AvgIpc) is 2.31. The summed E-state index contributed by atoms with van der Waals surface area (Å²) in [6, 6.07) is 4.09. The molecule has 4 nitrogen and oxygen atoms in total. The molecule has 0 radical (unpaired) electrons. The van der Waals surface area contributed by atoms with Crippen LogP contribution in [0.3, 0.4) is 0 Å². The number of rotatable bonds is 5.